The number of amides is 1. The van der Waals surface area contributed by atoms with Gasteiger partial charge in [-0.2, -0.15) is 0 Å². The van der Waals surface area contributed by atoms with Gasteiger partial charge < -0.3 is 19.9 Å². The Morgan fingerprint density at radius 3 is 2.18 bits per heavy atom. The van der Waals surface area contributed by atoms with Crippen molar-refractivity contribution in [1.29, 1.82) is 0 Å². The first kappa shape index (κ1) is 33.6. The molecular formula is C39H47NO5. The molecule has 0 aliphatic carbocycles. The topological polar surface area (TPSA) is 84.9 Å². The summed E-state index contributed by atoms with van der Waals surface area (Å²) < 4.78 is 12.1. The SMILES string of the molecule is CCCCCc1ccc(OCCCCNC(=O)c2cc(OCC(=O)c3ccccc3)c3ccccc3c2O)c(CCCCC)c1. The van der Waals surface area contributed by atoms with Crippen LogP contribution in [-0.4, -0.2) is 36.6 Å². The number of hydrogen-bond donors (Lipinski definition) is 2. The van der Waals surface area contributed by atoms with Crippen LogP contribution in [0.25, 0.3) is 10.8 Å². The Kier molecular flexibility index (Phi) is 13.3. The summed E-state index contributed by atoms with van der Waals surface area (Å²) >= 11 is 0. The standard InChI is InChI=1S/C39H47NO5/c1-3-5-8-16-29-22-23-36(31(26-29)19-9-6-4-2)44-25-15-14-24-40-39(43)34-27-37(32-20-12-13-21-33(32)38(34)42)45-28-35(41)30-17-10-7-11-18-30/h7,10-13,17-18,20-23,26-27,42H,3-6,8-9,14-16,19,24-25,28H2,1-2H3,(H,40,43). The van der Waals surface area contributed by atoms with E-state index in [0.717, 1.165) is 37.9 Å². The number of rotatable bonds is 19. The van der Waals surface area contributed by atoms with Gasteiger partial charge in [0.2, 0.25) is 0 Å². The van der Waals surface area contributed by atoms with Crippen LogP contribution in [0.1, 0.15) is 97.1 Å². The first-order chi connectivity index (χ1) is 22.0. The van der Waals surface area contributed by atoms with Crippen molar-refractivity contribution in [3.05, 3.63) is 101 Å². The van der Waals surface area contributed by atoms with Crippen LogP contribution in [0.4, 0.5) is 0 Å². The van der Waals surface area contributed by atoms with Crippen LogP contribution in [0, 0.1) is 0 Å². The second-order valence-corrected chi connectivity index (χ2v) is 11.6. The van der Waals surface area contributed by atoms with Crippen molar-refractivity contribution >= 4 is 22.5 Å². The van der Waals surface area contributed by atoms with E-state index in [1.807, 2.05) is 12.1 Å². The maximum Gasteiger partial charge on any atom is 0.255 e. The minimum absolute atomic E-state index is 0.109. The number of Topliss-reactive ketones (excluding diaryl/α,β-unsaturated/α-hetero) is 1. The van der Waals surface area contributed by atoms with Crippen LogP contribution in [0.5, 0.6) is 17.2 Å². The highest BCUT2D eigenvalue weighted by Gasteiger charge is 2.18. The van der Waals surface area contributed by atoms with Gasteiger partial charge in [-0.3, -0.25) is 9.59 Å². The average Bonchev–Trinajstić information content (AvgIpc) is 3.07. The summed E-state index contributed by atoms with van der Waals surface area (Å²) in [6.45, 7) is 5.29. The number of carbonyl (C=O) groups is 2. The van der Waals surface area contributed by atoms with E-state index in [4.69, 9.17) is 9.47 Å². The summed E-state index contributed by atoms with van der Waals surface area (Å²) in [7, 11) is 0. The predicted octanol–water partition coefficient (Wildman–Crippen LogP) is 8.86. The van der Waals surface area contributed by atoms with Crippen LogP contribution in [0.2, 0.25) is 0 Å². The molecule has 2 N–H and O–H groups in total. The number of aryl methyl sites for hydroxylation is 2. The third kappa shape index (κ3) is 9.84. The number of carbonyl (C=O) groups excluding carboxylic acids is 2. The lowest BCUT2D eigenvalue weighted by atomic mass is 10.00. The summed E-state index contributed by atoms with van der Waals surface area (Å²) in [5.41, 5.74) is 3.34. The molecule has 4 rings (SSSR count). The zero-order valence-electron chi connectivity index (χ0n) is 26.8. The van der Waals surface area contributed by atoms with Crippen LogP contribution in [0.15, 0.2) is 78.9 Å². The molecule has 1 amide bonds. The average molecular weight is 610 g/mol. The molecular weight excluding hydrogens is 562 g/mol. The van der Waals surface area contributed by atoms with Gasteiger partial charge in [0.15, 0.2) is 12.4 Å². The molecule has 238 valence electrons. The molecule has 6 heteroatoms. The zero-order valence-corrected chi connectivity index (χ0v) is 26.8. The summed E-state index contributed by atoms with van der Waals surface area (Å²) in [6.07, 6.45) is 10.9. The summed E-state index contributed by atoms with van der Waals surface area (Å²) in [5, 5.41) is 15.0. The number of aromatic hydroxyl groups is 1. The fourth-order valence-electron chi connectivity index (χ4n) is 5.45. The van der Waals surface area contributed by atoms with Gasteiger partial charge in [0.25, 0.3) is 5.91 Å². The Hall–Kier alpha value is -4.32. The van der Waals surface area contributed by atoms with E-state index in [-0.39, 0.29) is 23.7 Å². The molecule has 45 heavy (non-hydrogen) atoms. The lowest BCUT2D eigenvalue weighted by molar-refractivity contribution is 0.0922. The number of ketones is 1. The highest BCUT2D eigenvalue weighted by atomic mass is 16.5. The van der Waals surface area contributed by atoms with Gasteiger partial charge in [0, 0.05) is 22.9 Å². The lowest BCUT2D eigenvalue weighted by Gasteiger charge is -2.15. The van der Waals surface area contributed by atoms with Crippen LogP contribution in [-0.2, 0) is 12.8 Å². The maximum atomic E-state index is 13.1. The van der Waals surface area contributed by atoms with Crippen molar-refractivity contribution in [3.8, 4) is 17.2 Å². The largest absolute Gasteiger partial charge is 0.506 e. The summed E-state index contributed by atoms with van der Waals surface area (Å²) in [6, 6.07) is 24.2. The summed E-state index contributed by atoms with van der Waals surface area (Å²) in [5.74, 6) is 0.667. The van der Waals surface area contributed by atoms with E-state index in [9.17, 15) is 14.7 Å². The Morgan fingerprint density at radius 1 is 0.711 bits per heavy atom. The molecule has 0 aromatic heterocycles. The Bertz CT molecular complexity index is 1530. The predicted molar refractivity (Wildman–Crippen MR) is 182 cm³/mol. The second-order valence-electron chi connectivity index (χ2n) is 11.6. The van der Waals surface area contributed by atoms with Crippen molar-refractivity contribution in [2.24, 2.45) is 0 Å². The maximum absolute atomic E-state index is 13.1. The molecule has 0 radical (unpaired) electrons. The molecule has 0 spiro atoms. The van der Waals surface area contributed by atoms with Crippen LogP contribution < -0.4 is 14.8 Å². The van der Waals surface area contributed by atoms with Gasteiger partial charge >= 0.3 is 0 Å². The Balaban J connectivity index is 1.31. The number of unbranched alkanes of at least 4 members (excludes halogenated alkanes) is 5. The molecule has 4 aromatic rings. The Morgan fingerprint density at radius 2 is 1.42 bits per heavy atom. The van der Waals surface area contributed by atoms with Crippen LogP contribution in [0.3, 0.4) is 0 Å². The number of benzene rings is 4. The third-order valence-electron chi connectivity index (χ3n) is 8.04. The molecule has 0 aliphatic rings. The van der Waals surface area contributed by atoms with E-state index >= 15 is 0 Å². The number of nitrogens with one attached hydrogen (secondary N) is 1. The van der Waals surface area contributed by atoms with Crippen molar-refractivity contribution in [2.45, 2.75) is 78.1 Å². The van der Waals surface area contributed by atoms with E-state index in [1.54, 1.807) is 42.5 Å². The molecule has 0 heterocycles. The molecule has 4 aromatic carbocycles. The lowest BCUT2D eigenvalue weighted by Crippen LogP contribution is -2.25. The number of phenols is 1. The van der Waals surface area contributed by atoms with Crippen LogP contribution >= 0.6 is 0 Å². The van der Waals surface area contributed by atoms with E-state index < -0.39 is 5.91 Å². The monoisotopic (exact) mass is 609 g/mol. The van der Waals surface area contributed by atoms with E-state index in [2.05, 4.69) is 37.4 Å². The second kappa shape index (κ2) is 17.8. The first-order valence-electron chi connectivity index (χ1n) is 16.5. The van der Waals surface area contributed by atoms with Gasteiger partial charge in [-0.05, 0) is 61.8 Å². The van der Waals surface area contributed by atoms with Gasteiger partial charge in [0.1, 0.15) is 17.2 Å². The fourth-order valence-corrected chi connectivity index (χ4v) is 5.45. The molecule has 0 atom stereocenters. The molecule has 0 aliphatic heterocycles. The molecule has 0 fully saturated rings. The van der Waals surface area contributed by atoms with Crippen molar-refractivity contribution in [2.75, 3.05) is 19.8 Å². The van der Waals surface area contributed by atoms with Gasteiger partial charge in [-0.25, -0.2) is 0 Å². The molecule has 0 saturated carbocycles. The summed E-state index contributed by atoms with van der Waals surface area (Å²) in [4.78, 5) is 25.8. The minimum Gasteiger partial charge on any atom is -0.506 e. The quantitative estimate of drug-likeness (QED) is 0.0819. The number of phenolic OH excluding ortho intramolecular Hbond substituents is 1. The van der Waals surface area contributed by atoms with Crippen molar-refractivity contribution < 1.29 is 24.2 Å². The Labute approximate surface area is 267 Å². The van der Waals surface area contributed by atoms with Crippen molar-refractivity contribution in [1.82, 2.24) is 5.32 Å². The molecule has 0 unspecified atom stereocenters. The smallest absolute Gasteiger partial charge is 0.255 e. The zero-order chi connectivity index (χ0) is 31.9. The number of hydrogen-bond acceptors (Lipinski definition) is 5. The highest BCUT2D eigenvalue weighted by molar-refractivity contribution is 6.06. The van der Waals surface area contributed by atoms with E-state index in [0.29, 0.717) is 35.2 Å². The number of ether oxygens (including phenoxy) is 2. The van der Waals surface area contributed by atoms with Crippen molar-refractivity contribution in [3.63, 3.8) is 0 Å². The van der Waals surface area contributed by atoms with E-state index in [1.165, 1.54) is 49.3 Å². The highest BCUT2D eigenvalue weighted by Crippen LogP contribution is 2.36. The number of fused-ring (bicyclic) bond motifs is 1. The third-order valence-corrected chi connectivity index (χ3v) is 8.04. The minimum atomic E-state index is -0.393. The normalized spacial score (nSPS) is 11.0. The first-order valence-corrected chi connectivity index (χ1v) is 16.5. The van der Waals surface area contributed by atoms with Gasteiger partial charge in [-0.15, -0.1) is 0 Å². The molecule has 0 bridgehead atoms. The molecule has 6 nitrogen and oxygen atoms in total. The molecule has 0 saturated heterocycles. The van der Waals surface area contributed by atoms with Gasteiger partial charge in [0.05, 0.1) is 12.2 Å². The van der Waals surface area contributed by atoms with Gasteiger partial charge in [-0.1, -0.05) is 106 Å². The fraction of sp³-hybridized carbons (Fsp3) is 0.385.